The van der Waals surface area contributed by atoms with Gasteiger partial charge in [0.2, 0.25) is 5.91 Å². The summed E-state index contributed by atoms with van der Waals surface area (Å²) in [5.41, 5.74) is 0. The van der Waals surface area contributed by atoms with Crippen LogP contribution in [0.3, 0.4) is 0 Å². The Bertz CT molecular complexity index is 204. The lowest BCUT2D eigenvalue weighted by atomic mass is 10.2. The van der Waals surface area contributed by atoms with Crippen LogP contribution in [0.15, 0.2) is 0 Å². The number of amides is 2. The largest absolute Gasteiger partial charge is 0.481 e. The molecule has 0 fully saturated rings. The molecule has 12 heavy (non-hydrogen) atoms. The van der Waals surface area contributed by atoms with Gasteiger partial charge in [0.25, 0.3) is 3.91 Å². The summed E-state index contributed by atoms with van der Waals surface area (Å²) >= 11 is 1.44. The maximum absolute atomic E-state index is 10.7. The van der Waals surface area contributed by atoms with Gasteiger partial charge in [-0.1, -0.05) is 0 Å². The third kappa shape index (κ3) is 7.45. The molecule has 0 atom stereocenters. The average Bonchev–Trinajstić information content (AvgIpc) is 1.84. The summed E-state index contributed by atoms with van der Waals surface area (Å²) in [5, 5.41) is 10.2. The van der Waals surface area contributed by atoms with Crippen molar-refractivity contribution in [3.63, 3.8) is 0 Å². The maximum Gasteiger partial charge on any atom is 0.303 e. The summed E-state index contributed by atoms with van der Waals surface area (Å²) in [6.45, 7) is 0. The molecule has 0 aliphatic heterocycles. The Hall–Kier alpha value is -0.660. The van der Waals surface area contributed by atoms with E-state index in [1.807, 2.05) is 5.32 Å². The van der Waals surface area contributed by atoms with Crippen LogP contribution < -0.4 is 5.32 Å². The minimum absolute atomic E-state index is 0.0527. The van der Waals surface area contributed by atoms with E-state index in [2.05, 4.69) is 0 Å². The molecule has 68 valence electrons. The molecule has 0 aromatic rings. The quantitative estimate of drug-likeness (QED) is 0.457. The highest BCUT2D eigenvalue weighted by molar-refractivity contribution is 14.1. The van der Waals surface area contributed by atoms with Crippen molar-refractivity contribution in [3.05, 3.63) is 0 Å². The molecular weight excluding hydrogens is 277 g/mol. The number of hydrogen-bond donors (Lipinski definition) is 2. The van der Waals surface area contributed by atoms with Crippen molar-refractivity contribution in [2.24, 2.45) is 0 Å². The van der Waals surface area contributed by atoms with Crippen LogP contribution in [0.1, 0.15) is 19.3 Å². The Morgan fingerprint density at radius 3 is 2.25 bits per heavy atom. The number of aliphatic carboxylic acids is 1. The molecule has 0 saturated carbocycles. The fraction of sp³-hybridized carbons (Fsp3) is 0.500. The Morgan fingerprint density at radius 2 is 1.83 bits per heavy atom. The lowest BCUT2D eigenvalue weighted by Crippen LogP contribution is -2.24. The second-order valence-corrected chi connectivity index (χ2v) is 3.05. The molecule has 2 N–H and O–H groups in total. The topological polar surface area (TPSA) is 83.5 Å². The summed E-state index contributed by atoms with van der Waals surface area (Å²) < 4.78 is -0.451. The first-order valence-electron chi connectivity index (χ1n) is 3.23. The van der Waals surface area contributed by atoms with Crippen molar-refractivity contribution < 1.29 is 19.5 Å². The second-order valence-electron chi connectivity index (χ2n) is 2.07. The van der Waals surface area contributed by atoms with Gasteiger partial charge in [-0.25, -0.2) is 0 Å². The minimum atomic E-state index is -0.941. The standard InChI is InChI=1S/C6H8INO4/c7-6(12)8-4(9)2-1-3-5(10)11/h1-3H2,(H,10,11)(H,8,9,12). The van der Waals surface area contributed by atoms with Crippen molar-refractivity contribution in [1.29, 1.82) is 0 Å². The monoisotopic (exact) mass is 285 g/mol. The highest BCUT2D eigenvalue weighted by Crippen LogP contribution is 1.95. The molecule has 6 heteroatoms. The highest BCUT2D eigenvalue weighted by atomic mass is 127. The van der Waals surface area contributed by atoms with Crippen molar-refractivity contribution in [2.75, 3.05) is 0 Å². The minimum Gasteiger partial charge on any atom is -0.481 e. The van der Waals surface area contributed by atoms with E-state index >= 15 is 0 Å². The van der Waals surface area contributed by atoms with Crippen LogP contribution in [0.25, 0.3) is 0 Å². The van der Waals surface area contributed by atoms with Crippen molar-refractivity contribution in [1.82, 2.24) is 5.32 Å². The number of rotatable bonds is 4. The van der Waals surface area contributed by atoms with E-state index in [9.17, 15) is 14.4 Å². The van der Waals surface area contributed by atoms with Crippen molar-refractivity contribution in [2.45, 2.75) is 19.3 Å². The van der Waals surface area contributed by atoms with Crippen LogP contribution in [0, 0.1) is 0 Å². The van der Waals surface area contributed by atoms with Crippen molar-refractivity contribution >= 4 is 38.4 Å². The zero-order chi connectivity index (χ0) is 9.56. The summed E-state index contributed by atoms with van der Waals surface area (Å²) in [7, 11) is 0. The number of imide groups is 1. The van der Waals surface area contributed by atoms with Crippen LogP contribution in [0.2, 0.25) is 0 Å². The Balaban J connectivity index is 3.44. The van der Waals surface area contributed by atoms with E-state index in [0.717, 1.165) is 0 Å². The molecule has 0 aliphatic carbocycles. The van der Waals surface area contributed by atoms with E-state index in [-0.39, 0.29) is 19.3 Å². The number of carboxylic acids is 1. The first kappa shape index (κ1) is 11.3. The summed E-state index contributed by atoms with van der Waals surface area (Å²) in [6.07, 6.45) is 0.273. The van der Waals surface area contributed by atoms with Crippen LogP contribution in [-0.2, 0) is 9.59 Å². The van der Waals surface area contributed by atoms with Crippen LogP contribution in [-0.4, -0.2) is 20.9 Å². The van der Waals surface area contributed by atoms with Gasteiger partial charge in [0.15, 0.2) is 0 Å². The van der Waals surface area contributed by atoms with Gasteiger partial charge in [-0.3, -0.25) is 19.7 Å². The molecule has 0 aliphatic rings. The fourth-order valence-corrected chi connectivity index (χ4v) is 0.873. The van der Waals surface area contributed by atoms with Gasteiger partial charge in [-0.05, 0) is 6.42 Å². The Labute approximate surface area is 82.7 Å². The molecule has 0 rings (SSSR count). The van der Waals surface area contributed by atoms with Gasteiger partial charge in [-0.2, -0.15) is 0 Å². The second kappa shape index (κ2) is 5.92. The predicted octanol–water partition coefficient (Wildman–Crippen LogP) is 0.913. The van der Waals surface area contributed by atoms with Crippen LogP contribution >= 0.6 is 22.6 Å². The number of halogens is 1. The molecule has 5 nitrogen and oxygen atoms in total. The predicted molar refractivity (Wildman–Crippen MR) is 49.0 cm³/mol. The van der Waals surface area contributed by atoms with Crippen LogP contribution in [0.5, 0.6) is 0 Å². The third-order valence-corrected chi connectivity index (χ3v) is 1.30. The summed E-state index contributed by atoms with van der Waals surface area (Å²) in [6, 6.07) is 0. The molecule has 0 unspecified atom stereocenters. The average molecular weight is 285 g/mol. The number of hydrogen-bond acceptors (Lipinski definition) is 3. The SMILES string of the molecule is O=C(O)CCCC(=O)NC(=O)I. The van der Waals surface area contributed by atoms with E-state index in [4.69, 9.17) is 5.11 Å². The number of carboxylic acid groups (broad SMARTS) is 1. The molecule has 0 aromatic carbocycles. The first-order chi connectivity index (χ1) is 5.52. The van der Waals surface area contributed by atoms with E-state index in [0.29, 0.717) is 0 Å². The molecule has 0 bridgehead atoms. The highest BCUT2D eigenvalue weighted by Gasteiger charge is 2.05. The molecule has 2 amide bonds. The molecule has 0 heterocycles. The summed E-state index contributed by atoms with van der Waals surface area (Å²) in [4.78, 5) is 31.0. The number of carbonyl (C=O) groups excluding carboxylic acids is 2. The summed E-state index contributed by atoms with van der Waals surface area (Å²) in [5.74, 6) is -1.38. The van der Waals surface area contributed by atoms with Gasteiger partial charge in [-0.15, -0.1) is 0 Å². The fourth-order valence-electron chi connectivity index (χ4n) is 0.572. The molecule has 0 aromatic heterocycles. The van der Waals surface area contributed by atoms with Crippen LogP contribution in [0.4, 0.5) is 4.79 Å². The molecule has 0 radical (unpaired) electrons. The van der Waals surface area contributed by atoms with Gasteiger partial charge < -0.3 is 5.11 Å². The van der Waals surface area contributed by atoms with Crippen molar-refractivity contribution in [3.8, 4) is 0 Å². The lowest BCUT2D eigenvalue weighted by molar-refractivity contribution is -0.137. The smallest absolute Gasteiger partial charge is 0.303 e. The molecule has 0 saturated heterocycles. The molecular formula is C6H8INO4. The Morgan fingerprint density at radius 1 is 1.25 bits per heavy atom. The van der Waals surface area contributed by atoms with E-state index in [1.165, 1.54) is 22.6 Å². The number of nitrogens with one attached hydrogen (secondary N) is 1. The third-order valence-electron chi connectivity index (χ3n) is 1.03. The number of carbonyl (C=O) groups is 3. The zero-order valence-corrected chi connectivity index (χ0v) is 8.33. The zero-order valence-electron chi connectivity index (χ0n) is 6.17. The van der Waals surface area contributed by atoms with E-state index in [1.54, 1.807) is 0 Å². The molecule has 0 spiro atoms. The van der Waals surface area contributed by atoms with Gasteiger partial charge >= 0.3 is 5.97 Å². The van der Waals surface area contributed by atoms with Gasteiger partial charge in [0.1, 0.15) is 0 Å². The Kier molecular flexibility index (Phi) is 5.60. The van der Waals surface area contributed by atoms with Gasteiger partial charge in [0.05, 0.1) is 0 Å². The maximum atomic E-state index is 10.7. The lowest BCUT2D eigenvalue weighted by Gasteiger charge is -1.97. The normalized spacial score (nSPS) is 9.08. The van der Waals surface area contributed by atoms with Gasteiger partial charge in [0, 0.05) is 35.4 Å². The van der Waals surface area contributed by atoms with E-state index < -0.39 is 15.8 Å². The first-order valence-corrected chi connectivity index (χ1v) is 4.31.